The second kappa shape index (κ2) is 8.84. The van der Waals surface area contributed by atoms with Crippen LogP contribution in [0.5, 0.6) is 5.75 Å². The number of esters is 1. The summed E-state index contributed by atoms with van der Waals surface area (Å²) in [6, 6.07) is 8.96. The normalized spacial score (nSPS) is 11.5. The average Bonchev–Trinajstić information content (AvgIpc) is 3.12. The molecule has 2 N–H and O–H groups in total. The Morgan fingerprint density at radius 1 is 1.19 bits per heavy atom. The van der Waals surface area contributed by atoms with Gasteiger partial charge in [0, 0.05) is 18.3 Å². The predicted octanol–water partition coefficient (Wildman–Crippen LogP) is 2.13. The van der Waals surface area contributed by atoms with Crippen LogP contribution in [-0.4, -0.2) is 42.4 Å². The number of ketones is 1. The molecule has 1 amide bonds. The summed E-state index contributed by atoms with van der Waals surface area (Å²) in [7, 11) is 1.60. The first-order valence-corrected chi connectivity index (χ1v) is 8.21. The third-order valence-corrected chi connectivity index (χ3v) is 3.83. The highest BCUT2D eigenvalue weighted by Crippen LogP contribution is 2.11. The van der Waals surface area contributed by atoms with Gasteiger partial charge in [-0.05, 0) is 44.0 Å². The number of amides is 1. The third-order valence-electron chi connectivity index (χ3n) is 3.83. The second-order valence-electron chi connectivity index (χ2n) is 5.79. The minimum absolute atomic E-state index is 0.132. The van der Waals surface area contributed by atoms with Gasteiger partial charge in [0.25, 0.3) is 5.91 Å². The number of ether oxygens (including phenoxy) is 2. The van der Waals surface area contributed by atoms with Crippen molar-refractivity contribution in [2.24, 2.45) is 0 Å². The van der Waals surface area contributed by atoms with Crippen molar-refractivity contribution < 1.29 is 23.9 Å². The lowest BCUT2D eigenvalue weighted by molar-refractivity contribution is -0.129. The fourth-order valence-corrected chi connectivity index (χ4v) is 2.26. The summed E-state index contributed by atoms with van der Waals surface area (Å²) in [5.74, 6) is -0.458. The monoisotopic (exact) mass is 358 g/mol. The van der Waals surface area contributed by atoms with Crippen LogP contribution in [0.25, 0.3) is 0 Å². The van der Waals surface area contributed by atoms with Crippen LogP contribution in [0.2, 0.25) is 0 Å². The number of carbonyl (C=O) groups excluding carboxylic acids is 3. The largest absolute Gasteiger partial charge is 0.497 e. The summed E-state index contributed by atoms with van der Waals surface area (Å²) in [5.41, 5.74) is 1.57. The van der Waals surface area contributed by atoms with Crippen molar-refractivity contribution in [3.05, 3.63) is 53.3 Å². The van der Waals surface area contributed by atoms with Gasteiger partial charge in [0.1, 0.15) is 11.4 Å². The topological polar surface area (TPSA) is 97.5 Å². The van der Waals surface area contributed by atoms with Gasteiger partial charge in [-0.1, -0.05) is 12.1 Å². The Balaban J connectivity index is 1.78. The summed E-state index contributed by atoms with van der Waals surface area (Å²) < 4.78 is 10.2. The molecular weight excluding hydrogens is 336 g/mol. The maximum atomic E-state index is 12.0. The first-order valence-electron chi connectivity index (χ1n) is 8.21. The van der Waals surface area contributed by atoms with E-state index in [1.165, 1.54) is 26.1 Å². The molecule has 26 heavy (non-hydrogen) atoms. The molecule has 0 saturated heterocycles. The molecule has 1 heterocycles. The number of hydrogen-bond acceptors (Lipinski definition) is 5. The average molecular weight is 358 g/mol. The summed E-state index contributed by atoms with van der Waals surface area (Å²) in [4.78, 5) is 37.9. The Morgan fingerprint density at radius 3 is 2.46 bits per heavy atom. The van der Waals surface area contributed by atoms with Crippen molar-refractivity contribution >= 4 is 17.7 Å². The molecule has 0 spiro atoms. The molecule has 7 nitrogen and oxygen atoms in total. The SMILES string of the molecule is COc1ccc(CCNC(=O)[C@@H](C)OC(=O)c2cc(C(C)=O)c[nH]2)cc1. The van der Waals surface area contributed by atoms with Crippen LogP contribution >= 0.6 is 0 Å². The molecule has 1 aromatic heterocycles. The fraction of sp³-hybridized carbons (Fsp3) is 0.316. The highest BCUT2D eigenvalue weighted by atomic mass is 16.5. The van der Waals surface area contributed by atoms with E-state index in [1.807, 2.05) is 24.3 Å². The quantitative estimate of drug-likeness (QED) is 0.556. The van der Waals surface area contributed by atoms with Gasteiger partial charge in [-0.3, -0.25) is 9.59 Å². The van der Waals surface area contributed by atoms with Crippen LogP contribution in [0.3, 0.4) is 0 Å². The molecule has 0 aliphatic carbocycles. The van der Waals surface area contributed by atoms with Crippen LogP contribution in [-0.2, 0) is 16.0 Å². The minimum atomic E-state index is -0.942. The molecule has 0 saturated carbocycles. The van der Waals surface area contributed by atoms with Gasteiger partial charge in [-0.2, -0.15) is 0 Å². The van der Waals surface area contributed by atoms with E-state index in [2.05, 4.69) is 10.3 Å². The smallest absolute Gasteiger partial charge is 0.355 e. The second-order valence-corrected chi connectivity index (χ2v) is 5.79. The molecule has 0 aliphatic heterocycles. The maximum absolute atomic E-state index is 12.0. The van der Waals surface area contributed by atoms with Gasteiger partial charge in [0.05, 0.1) is 7.11 Å². The number of Topliss-reactive ketones (excluding diaryl/α,β-unsaturated/α-hetero) is 1. The van der Waals surface area contributed by atoms with Crippen LogP contribution < -0.4 is 10.1 Å². The van der Waals surface area contributed by atoms with E-state index in [0.717, 1.165) is 11.3 Å². The van der Waals surface area contributed by atoms with Crippen molar-refractivity contribution in [1.82, 2.24) is 10.3 Å². The van der Waals surface area contributed by atoms with Crippen molar-refractivity contribution in [2.75, 3.05) is 13.7 Å². The highest BCUT2D eigenvalue weighted by Gasteiger charge is 2.20. The molecule has 0 aliphatic rings. The molecule has 7 heteroatoms. The summed E-state index contributed by atoms with van der Waals surface area (Å²) in [6.45, 7) is 3.32. The zero-order valence-electron chi connectivity index (χ0n) is 15.0. The van der Waals surface area contributed by atoms with Gasteiger partial charge in [-0.15, -0.1) is 0 Å². The fourth-order valence-electron chi connectivity index (χ4n) is 2.26. The predicted molar refractivity (Wildman–Crippen MR) is 95.4 cm³/mol. The summed E-state index contributed by atoms with van der Waals surface area (Å²) in [5, 5.41) is 2.73. The molecule has 0 unspecified atom stereocenters. The molecular formula is C19H22N2O5. The van der Waals surface area contributed by atoms with Crippen molar-refractivity contribution in [2.45, 2.75) is 26.4 Å². The Labute approximate surface area is 151 Å². The van der Waals surface area contributed by atoms with Gasteiger partial charge >= 0.3 is 5.97 Å². The Hall–Kier alpha value is -3.09. The van der Waals surface area contributed by atoms with Gasteiger partial charge in [0.2, 0.25) is 0 Å². The molecule has 1 atom stereocenters. The number of aromatic nitrogens is 1. The number of benzene rings is 1. The molecule has 2 rings (SSSR count). The maximum Gasteiger partial charge on any atom is 0.355 e. The van der Waals surface area contributed by atoms with Crippen LogP contribution in [0.15, 0.2) is 36.5 Å². The molecule has 0 radical (unpaired) electrons. The third kappa shape index (κ3) is 5.20. The molecule has 1 aromatic carbocycles. The lowest BCUT2D eigenvalue weighted by Gasteiger charge is -2.13. The van der Waals surface area contributed by atoms with E-state index >= 15 is 0 Å². The van der Waals surface area contributed by atoms with Crippen LogP contribution in [0.4, 0.5) is 0 Å². The number of rotatable bonds is 8. The number of carbonyl (C=O) groups is 3. The number of hydrogen-bond donors (Lipinski definition) is 2. The first-order chi connectivity index (χ1) is 12.4. The van der Waals surface area contributed by atoms with Gasteiger partial charge < -0.3 is 19.8 Å². The highest BCUT2D eigenvalue weighted by molar-refractivity contribution is 5.98. The van der Waals surface area contributed by atoms with Gasteiger partial charge in [-0.25, -0.2) is 4.79 Å². The molecule has 2 aromatic rings. The van der Waals surface area contributed by atoms with Crippen LogP contribution in [0, 0.1) is 0 Å². The van der Waals surface area contributed by atoms with Crippen LogP contribution in [0.1, 0.15) is 40.3 Å². The van der Waals surface area contributed by atoms with Crippen molar-refractivity contribution in [3.63, 3.8) is 0 Å². The van der Waals surface area contributed by atoms with Gasteiger partial charge in [0.15, 0.2) is 11.9 Å². The Bertz CT molecular complexity index is 779. The number of methoxy groups -OCH3 is 1. The van der Waals surface area contributed by atoms with E-state index in [0.29, 0.717) is 18.5 Å². The molecule has 0 fully saturated rings. The minimum Gasteiger partial charge on any atom is -0.497 e. The van der Waals surface area contributed by atoms with E-state index < -0.39 is 12.1 Å². The van der Waals surface area contributed by atoms with E-state index in [-0.39, 0.29) is 17.4 Å². The first kappa shape index (κ1) is 19.2. The zero-order chi connectivity index (χ0) is 19.1. The Morgan fingerprint density at radius 2 is 1.88 bits per heavy atom. The zero-order valence-corrected chi connectivity index (χ0v) is 15.0. The molecule has 0 bridgehead atoms. The summed E-state index contributed by atoms with van der Waals surface area (Å²) >= 11 is 0. The molecule has 138 valence electrons. The van der Waals surface area contributed by atoms with E-state index in [4.69, 9.17) is 9.47 Å². The van der Waals surface area contributed by atoms with Crippen molar-refractivity contribution in [1.29, 1.82) is 0 Å². The van der Waals surface area contributed by atoms with E-state index in [9.17, 15) is 14.4 Å². The summed E-state index contributed by atoms with van der Waals surface area (Å²) in [6.07, 6.45) is 1.13. The lowest BCUT2D eigenvalue weighted by atomic mass is 10.1. The number of nitrogens with one attached hydrogen (secondary N) is 2. The number of H-pyrrole nitrogens is 1. The van der Waals surface area contributed by atoms with Crippen molar-refractivity contribution in [3.8, 4) is 5.75 Å². The van der Waals surface area contributed by atoms with E-state index in [1.54, 1.807) is 7.11 Å². The number of aromatic amines is 1. The Kier molecular flexibility index (Phi) is 6.54. The standard InChI is InChI=1S/C19H22N2O5/c1-12(22)15-10-17(21-11-15)19(24)26-13(2)18(23)20-9-8-14-4-6-16(25-3)7-5-14/h4-7,10-11,13,21H,8-9H2,1-3H3,(H,20,23)/t13-/m1/s1. The lowest BCUT2D eigenvalue weighted by Crippen LogP contribution is -2.37.